The van der Waals surface area contributed by atoms with Gasteiger partial charge in [0.2, 0.25) is 6.79 Å². The molecule has 0 bridgehead atoms. The summed E-state index contributed by atoms with van der Waals surface area (Å²) in [6, 6.07) is 17.7. The number of nitrogens with zero attached hydrogens (tertiary/aromatic N) is 1. The van der Waals surface area contributed by atoms with Gasteiger partial charge in [-0.25, -0.2) is 0 Å². The molecule has 142 valence electrons. The highest BCUT2D eigenvalue weighted by atomic mass is 16.7. The van der Waals surface area contributed by atoms with Crippen molar-refractivity contribution in [2.75, 3.05) is 30.5 Å². The highest BCUT2D eigenvalue weighted by Crippen LogP contribution is 2.37. The Morgan fingerprint density at radius 1 is 0.964 bits per heavy atom. The minimum atomic E-state index is -0.00888. The molecule has 1 unspecified atom stereocenters. The number of nitrogen functional groups attached to an aromatic ring is 1. The van der Waals surface area contributed by atoms with Gasteiger partial charge in [0.15, 0.2) is 17.3 Å². The number of anilines is 2. The molecule has 0 spiro atoms. The lowest BCUT2D eigenvalue weighted by Crippen LogP contribution is -2.38. The number of fused-ring (bicyclic) bond motifs is 2. The zero-order valence-corrected chi connectivity index (χ0v) is 15.6. The first-order chi connectivity index (χ1) is 13.7. The molecular formula is C23H22N2O3. The first-order valence-corrected chi connectivity index (χ1v) is 9.65. The van der Waals surface area contributed by atoms with Crippen LogP contribution in [0.2, 0.25) is 0 Å². The molecule has 3 aromatic carbocycles. The average molecular weight is 374 g/mol. The van der Waals surface area contributed by atoms with Gasteiger partial charge in [0, 0.05) is 42.0 Å². The molecular weight excluding hydrogens is 352 g/mol. The third kappa shape index (κ3) is 3.03. The van der Waals surface area contributed by atoms with Gasteiger partial charge >= 0.3 is 0 Å². The van der Waals surface area contributed by atoms with Gasteiger partial charge in [0.1, 0.15) is 0 Å². The molecule has 28 heavy (non-hydrogen) atoms. The molecule has 5 nitrogen and oxygen atoms in total. The Kier molecular flexibility index (Phi) is 4.08. The summed E-state index contributed by atoms with van der Waals surface area (Å²) in [7, 11) is 0. The lowest BCUT2D eigenvalue weighted by Gasteiger charge is -2.34. The van der Waals surface area contributed by atoms with E-state index in [1.807, 2.05) is 54.6 Å². The standard InChI is InChI=1S/C23H22N2O3/c24-19-6-5-15-10-17(4-3-16(15)11-19)23(26)18-2-1-9-25(13-18)20-7-8-21-22(12-20)28-14-27-21/h3-8,10-12,18H,1-2,9,13-14,24H2. The third-order valence-corrected chi connectivity index (χ3v) is 5.66. The van der Waals surface area contributed by atoms with E-state index in [9.17, 15) is 4.79 Å². The van der Waals surface area contributed by atoms with Crippen molar-refractivity contribution in [3.8, 4) is 11.5 Å². The molecule has 2 aliphatic rings. The summed E-state index contributed by atoms with van der Waals surface area (Å²) in [5.74, 6) is 1.76. The number of hydrogen-bond donors (Lipinski definition) is 1. The lowest BCUT2D eigenvalue weighted by atomic mass is 9.89. The van der Waals surface area contributed by atoms with Crippen LogP contribution in [0.4, 0.5) is 11.4 Å². The summed E-state index contributed by atoms with van der Waals surface area (Å²) in [6.07, 6.45) is 1.91. The Balaban J connectivity index is 1.37. The van der Waals surface area contributed by atoms with Crippen LogP contribution >= 0.6 is 0 Å². The second-order valence-corrected chi connectivity index (χ2v) is 7.51. The zero-order chi connectivity index (χ0) is 19.1. The number of benzene rings is 3. The smallest absolute Gasteiger partial charge is 0.231 e. The fourth-order valence-corrected chi connectivity index (χ4v) is 4.16. The molecule has 3 aromatic rings. The molecule has 5 heteroatoms. The molecule has 1 atom stereocenters. The number of rotatable bonds is 3. The van der Waals surface area contributed by atoms with Crippen molar-refractivity contribution in [1.29, 1.82) is 0 Å². The lowest BCUT2D eigenvalue weighted by molar-refractivity contribution is 0.0907. The number of nitrogens with two attached hydrogens (primary N) is 1. The van der Waals surface area contributed by atoms with Crippen molar-refractivity contribution in [2.45, 2.75) is 12.8 Å². The van der Waals surface area contributed by atoms with E-state index in [0.717, 1.165) is 65.1 Å². The predicted octanol–water partition coefficient (Wildman–Crippen LogP) is 4.25. The Labute approximate surface area is 163 Å². The van der Waals surface area contributed by atoms with Gasteiger partial charge < -0.3 is 20.1 Å². The zero-order valence-electron chi connectivity index (χ0n) is 15.6. The average Bonchev–Trinajstić information content (AvgIpc) is 3.21. The van der Waals surface area contributed by atoms with Crippen LogP contribution in [-0.2, 0) is 0 Å². The normalized spacial score (nSPS) is 18.4. The van der Waals surface area contributed by atoms with E-state index < -0.39 is 0 Å². The summed E-state index contributed by atoms with van der Waals surface area (Å²) in [6.45, 7) is 1.94. The molecule has 0 radical (unpaired) electrons. The van der Waals surface area contributed by atoms with Crippen LogP contribution in [0.15, 0.2) is 54.6 Å². The summed E-state index contributed by atoms with van der Waals surface area (Å²) in [5.41, 5.74) is 8.44. The van der Waals surface area contributed by atoms with Crippen LogP contribution in [0.1, 0.15) is 23.2 Å². The van der Waals surface area contributed by atoms with Crippen LogP contribution < -0.4 is 20.1 Å². The van der Waals surface area contributed by atoms with Gasteiger partial charge in [0.25, 0.3) is 0 Å². The quantitative estimate of drug-likeness (QED) is 0.548. The molecule has 0 saturated carbocycles. The predicted molar refractivity (Wildman–Crippen MR) is 110 cm³/mol. The van der Waals surface area contributed by atoms with Gasteiger partial charge in [-0.2, -0.15) is 0 Å². The minimum Gasteiger partial charge on any atom is -0.454 e. The maximum absolute atomic E-state index is 13.2. The Hall–Kier alpha value is -3.21. The fourth-order valence-electron chi connectivity index (χ4n) is 4.16. The van der Waals surface area contributed by atoms with Crippen LogP contribution in [0, 0.1) is 5.92 Å². The molecule has 2 N–H and O–H groups in total. The van der Waals surface area contributed by atoms with Crippen LogP contribution in [0.5, 0.6) is 11.5 Å². The van der Waals surface area contributed by atoms with E-state index in [0.29, 0.717) is 0 Å². The Bertz CT molecular complexity index is 1060. The summed E-state index contributed by atoms with van der Waals surface area (Å²) in [5, 5.41) is 2.10. The van der Waals surface area contributed by atoms with Crippen molar-refractivity contribution in [3.05, 3.63) is 60.2 Å². The number of carbonyl (C=O) groups excluding carboxylic acids is 1. The van der Waals surface area contributed by atoms with E-state index in [1.165, 1.54) is 0 Å². The Morgan fingerprint density at radius 2 is 1.79 bits per heavy atom. The largest absolute Gasteiger partial charge is 0.454 e. The summed E-state index contributed by atoms with van der Waals surface area (Å²) >= 11 is 0. The molecule has 0 aromatic heterocycles. The fraction of sp³-hybridized carbons (Fsp3) is 0.261. The molecule has 2 aliphatic heterocycles. The van der Waals surface area contributed by atoms with Crippen molar-refractivity contribution >= 4 is 27.9 Å². The molecule has 1 fully saturated rings. The van der Waals surface area contributed by atoms with Crippen molar-refractivity contribution in [1.82, 2.24) is 0 Å². The maximum Gasteiger partial charge on any atom is 0.231 e. The SMILES string of the molecule is Nc1ccc2cc(C(=O)C3CCCN(c4ccc5c(c4)OCO5)C3)ccc2c1. The monoisotopic (exact) mass is 374 g/mol. The number of carbonyl (C=O) groups is 1. The van der Waals surface area contributed by atoms with E-state index in [4.69, 9.17) is 15.2 Å². The van der Waals surface area contributed by atoms with E-state index in [2.05, 4.69) is 4.90 Å². The molecule has 0 aliphatic carbocycles. The number of ether oxygens (including phenoxy) is 2. The molecule has 1 saturated heterocycles. The van der Waals surface area contributed by atoms with Crippen molar-refractivity contribution < 1.29 is 14.3 Å². The van der Waals surface area contributed by atoms with Crippen molar-refractivity contribution in [3.63, 3.8) is 0 Å². The van der Waals surface area contributed by atoms with Gasteiger partial charge in [-0.15, -0.1) is 0 Å². The number of Topliss-reactive ketones (excluding diaryl/α,β-unsaturated/α-hetero) is 1. The molecule has 2 heterocycles. The molecule has 5 rings (SSSR count). The third-order valence-electron chi connectivity index (χ3n) is 5.66. The first-order valence-electron chi connectivity index (χ1n) is 9.65. The second-order valence-electron chi connectivity index (χ2n) is 7.51. The molecule has 0 amide bonds. The first kappa shape index (κ1) is 16.9. The van der Waals surface area contributed by atoms with Crippen molar-refractivity contribution in [2.24, 2.45) is 5.92 Å². The van der Waals surface area contributed by atoms with Crippen LogP contribution in [0.25, 0.3) is 10.8 Å². The van der Waals surface area contributed by atoms with E-state index in [1.54, 1.807) is 0 Å². The highest BCUT2D eigenvalue weighted by Gasteiger charge is 2.27. The van der Waals surface area contributed by atoms with Gasteiger partial charge in [0.05, 0.1) is 0 Å². The number of piperidine rings is 1. The van der Waals surface area contributed by atoms with Crippen LogP contribution in [0.3, 0.4) is 0 Å². The van der Waals surface area contributed by atoms with E-state index in [-0.39, 0.29) is 18.5 Å². The number of hydrogen-bond acceptors (Lipinski definition) is 5. The number of ketones is 1. The Morgan fingerprint density at radius 3 is 2.71 bits per heavy atom. The highest BCUT2D eigenvalue weighted by molar-refractivity contribution is 6.02. The van der Waals surface area contributed by atoms with Crippen LogP contribution in [-0.4, -0.2) is 25.7 Å². The van der Waals surface area contributed by atoms with Gasteiger partial charge in [-0.1, -0.05) is 18.2 Å². The topological polar surface area (TPSA) is 64.8 Å². The van der Waals surface area contributed by atoms with E-state index >= 15 is 0 Å². The maximum atomic E-state index is 13.2. The van der Waals surface area contributed by atoms with Gasteiger partial charge in [-0.3, -0.25) is 4.79 Å². The summed E-state index contributed by atoms with van der Waals surface area (Å²) < 4.78 is 10.9. The summed E-state index contributed by atoms with van der Waals surface area (Å²) in [4.78, 5) is 15.5. The second kappa shape index (κ2) is 6.75. The minimum absolute atomic E-state index is 0.00888. The van der Waals surface area contributed by atoms with Gasteiger partial charge in [-0.05, 0) is 53.9 Å².